The summed E-state index contributed by atoms with van der Waals surface area (Å²) in [5, 5.41) is 0.875. The Hall–Kier alpha value is -2.53. The zero-order valence-electron chi connectivity index (χ0n) is 13.6. The van der Waals surface area contributed by atoms with E-state index in [9.17, 15) is 4.39 Å². The van der Waals surface area contributed by atoms with Crippen LogP contribution in [0, 0.1) is 5.82 Å². The molecule has 122 valence electrons. The van der Waals surface area contributed by atoms with Crippen LogP contribution in [0.3, 0.4) is 0 Å². The topological polar surface area (TPSA) is 32.3 Å². The Morgan fingerprint density at radius 3 is 2.38 bits per heavy atom. The first-order chi connectivity index (χ1) is 11.7. The summed E-state index contributed by atoms with van der Waals surface area (Å²) in [6.07, 6.45) is 0. The maximum absolute atomic E-state index is 14.3. The van der Waals surface area contributed by atoms with Crippen molar-refractivity contribution in [2.45, 2.75) is 0 Å². The third-order valence-corrected chi connectivity index (χ3v) is 4.51. The summed E-state index contributed by atoms with van der Waals surface area (Å²) in [5.74, 6) is 0.422. The lowest BCUT2D eigenvalue weighted by Gasteiger charge is -2.32. The molecular formula is C19H19FN4. The summed E-state index contributed by atoms with van der Waals surface area (Å²) in [4.78, 5) is 13.9. The number of piperazine rings is 1. The van der Waals surface area contributed by atoms with Crippen molar-refractivity contribution < 1.29 is 4.39 Å². The number of nitrogens with zero attached hydrogens (tertiary/aromatic N) is 4. The number of aromatic nitrogens is 2. The summed E-state index contributed by atoms with van der Waals surface area (Å²) >= 11 is 0. The number of anilines is 1. The van der Waals surface area contributed by atoms with Gasteiger partial charge in [0.2, 0.25) is 5.95 Å². The average Bonchev–Trinajstić information content (AvgIpc) is 2.62. The quantitative estimate of drug-likeness (QED) is 0.725. The van der Waals surface area contributed by atoms with Gasteiger partial charge < -0.3 is 9.80 Å². The second kappa shape index (κ2) is 6.17. The van der Waals surface area contributed by atoms with Crippen molar-refractivity contribution >= 4 is 16.9 Å². The molecule has 1 aliphatic heterocycles. The minimum Gasteiger partial charge on any atom is -0.338 e. The highest BCUT2D eigenvalue weighted by atomic mass is 19.1. The molecule has 24 heavy (non-hydrogen) atoms. The molecule has 0 spiro atoms. The van der Waals surface area contributed by atoms with E-state index in [1.807, 2.05) is 30.3 Å². The number of para-hydroxylation sites is 1. The zero-order chi connectivity index (χ0) is 16.5. The van der Waals surface area contributed by atoms with Gasteiger partial charge in [-0.3, -0.25) is 0 Å². The van der Waals surface area contributed by atoms with Crippen LogP contribution in [0.25, 0.3) is 22.2 Å². The van der Waals surface area contributed by atoms with Crippen LogP contribution in [-0.4, -0.2) is 48.1 Å². The average molecular weight is 322 g/mol. The largest absolute Gasteiger partial charge is 0.338 e. The van der Waals surface area contributed by atoms with Crippen LogP contribution in [0.4, 0.5) is 10.3 Å². The standard InChI is InChI=1S/C19H19FN4/c1-23-10-12-24(13-11-23)19-21-17-9-5-3-7-15(17)18(22-19)14-6-2-4-8-16(14)20/h2-9H,10-13H2,1H3. The van der Waals surface area contributed by atoms with E-state index >= 15 is 0 Å². The summed E-state index contributed by atoms with van der Waals surface area (Å²) < 4.78 is 14.3. The molecule has 0 saturated carbocycles. The molecule has 1 aliphatic rings. The SMILES string of the molecule is CN1CCN(c2nc(-c3ccccc3F)c3ccccc3n2)CC1. The van der Waals surface area contributed by atoms with E-state index in [0.717, 1.165) is 37.1 Å². The molecule has 0 bridgehead atoms. The van der Waals surface area contributed by atoms with Crippen LogP contribution in [0.2, 0.25) is 0 Å². The lowest BCUT2D eigenvalue weighted by molar-refractivity contribution is 0.311. The maximum atomic E-state index is 14.3. The second-order valence-electron chi connectivity index (χ2n) is 6.16. The van der Waals surface area contributed by atoms with Crippen molar-refractivity contribution in [3.05, 3.63) is 54.3 Å². The van der Waals surface area contributed by atoms with Crippen LogP contribution in [0.1, 0.15) is 0 Å². The van der Waals surface area contributed by atoms with E-state index in [2.05, 4.69) is 16.8 Å². The van der Waals surface area contributed by atoms with E-state index in [1.54, 1.807) is 12.1 Å². The molecule has 1 fully saturated rings. The van der Waals surface area contributed by atoms with Crippen LogP contribution in [0.5, 0.6) is 0 Å². The van der Waals surface area contributed by atoms with Crippen LogP contribution in [-0.2, 0) is 0 Å². The van der Waals surface area contributed by atoms with Gasteiger partial charge in [-0.1, -0.05) is 30.3 Å². The zero-order valence-corrected chi connectivity index (χ0v) is 13.6. The molecule has 1 saturated heterocycles. The Balaban J connectivity index is 1.87. The van der Waals surface area contributed by atoms with Gasteiger partial charge in [-0.15, -0.1) is 0 Å². The van der Waals surface area contributed by atoms with Crippen molar-refractivity contribution in [1.82, 2.24) is 14.9 Å². The summed E-state index contributed by atoms with van der Waals surface area (Å²) in [5.41, 5.74) is 2.03. The normalized spacial score (nSPS) is 15.8. The number of rotatable bonds is 2. The highest BCUT2D eigenvalue weighted by Crippen LogP contribution is 2.30. The molecule has 5 heteroatoms. The molecule has 1 aromatic heterocycles. The van der Waals surface area contributed by atoms with Gasteiger partial charge in [0.15, 0.2) is 0 Å². The molecule has 2 aromatic carbocycles. The number of likely N-dealkylation sites (N-methyl/N-ethyl adjacent to an activating group) is 1. The first-order valence-corrected chi connectivity index (χ1v) is 8.17. The minimum atomic E-state index is -0.259. The molecule has 0 amide bonds. The number of hydrogen-bond donors (Lipinski definition) is 0. The van der Waals surface area contributed by atoms with Crippen molar-refractivity contribution in [3.63, 3.8) is 0 Å². The summed E-state index contributed by atoms with van der Waals surface area (Å²) in [6.45, 7) is 3.72. The Labute approximate surface area is 140 Å². The fourth-order valence-electron chi connectivity index (χ4n) is 3.07. The van der Waals surface area contributed by atoms with Crippen LogP contribution >= 0.6 is 0 Å². The highest BCUT2D eigenvalue weighted by Gasteiger charge is 2.19. The molecule has 2 heterocycles. The fourth-order valence-corrected chi connectivity index (χ4v) is 3.07. The molecule has 4 rings (SSSR count). The maximum Gasteiger partial charge on any atom is 0.226 e. The Bertz CT molecular complexity index is 872. The van der Waals surface area contributed by atoms with E-state index in [1.165, 1.54) is 6.07 Å². The first kappa shape index (κ1) is 15.0. The molecule has 3 aromatic rings. The van der Waals surface area contributed by atoms with Gasteiger partial charge in [0.05, 0.1) is 11.2 Å². The Morgan fingerprint density at radius 1 is 0.875 bits per heavy atom. The first-order valence-electron chi connectivity index (χ1n) is 8.17. The molecule has 0 atom stereocenters. The van der Waals surface area contributed by atoms with Gasteiger partial charge in [0.1, 0.15) is 5.82 Å². The Morgan fingerprint density at radius 2 is 1.58 bits per heavy atom. The third-order valence-electron chi connectivity index (χ3n) is 4.51. The van der Waals surface area contributed by atoms with E-state index in [4.69, 9.17) is 9.97 Å². The number of hydrogen-bond acceptors (Lipinski definition) is 4. The molecule has 4 nitrogen and oxygen atoms in total. The lowest BCUT2D eigenvalue weighted by Crippen LogP contribution is -2.45. The van der Waals surface area contributed by atoms with Crippen LogP contribution < -0.4 is 4.90 Å². The molecule has 0 aliphatic carbocycles. The van der Waals surface area contributed by atoms with Gasteiger partial charge in [-0.05, 0) is 25.2 Å². The van der Waals surface area contributed by atoms with Gasteiger partial charge in [-0.25, -0.2) is 14.4 Å². The molecule has 0 radical (unpaired) electrons. The van der Waals surface area contributed by atoms with Gasteiger partial charge in [0.25, 0.3) is 0 Å². The number of halogens is 1. The van der Waals surface area contributed by atoms with Crippen LogP contribution in [0.15, 0.2) is 48.5 Å². The van der Waals surface area contributed by atoms with Gasteiger partial charge in [-0.2, -0.15) is 0 Å². The van der Waals surface area contributed by atoms with E-state index in [-0.39, 0.29) is 5.82 Å². The second-order valence-corrected chi connectivity index (χ2v) is 6.16. The number of benzene rings is 2. The molecular weight excluding hydrogens is 303 g/mol. The highest BCUT2D eigenvalue weighted by molar-refractivity contribution is 5.93. The van der Waals surface area contributed by atoms with E-state index < -0.39 is 0 Å². The predicted octanol–water partition coefficient (Wildman–Crippen LogP) is 3.19. The Kier molecular flexibility index (Phi) is 3.86. The minimum absolute atomic E-state index is 0.259. The van der Waals surface area contributed by atoms with E-state index in [0.29, 0.717) is 17.2 Å². The molecule has 0 unspecified atom stereocenters. The van der Waals surface area contributed by atoms with Crippen molar-refractivity contribution in [2.24, 2.45) is 0 Å². The third kappa shape index (κ3) is 2.71. The molecule has 0 N–H and O–H groups in total. The summed E-state index contributed by atoms with van der Waals surface area (Å²) in [6, 6.07) is 14.6. The van der Waals surface area contributed by atoms with Crippen molar-refractivity contribution in [1.29, 1.82) is 0 Å². The lowest BCUT2D eigenvalue weighted by atomic mass is 10.1. The fraction of sp³-hybridized carbons (Fsp3) is 0.263. The van der Waals surface area contributed by atoms with Crippen molar-refractivity contribution in [3.8, 4) is 11.3 Å². The smallest absolute Gasteiger partial charge is 0.226 e. The number of fused-ring (bicyclic) bond motifs is 1. The van der Waals surface area contributed by atoms with Gasteiger partial charge >= 0.3 is 0 Å². The monoisotopic (exact) mass is 322 g/mol. The predicted molar refractivity (Wildman–Crippen MR) is 94.6 cm³/mol. The summed E-state index contributed by atoms with van der Waals surface area (Å²) in [7, 11) is 2.11. The van der Waals surface area contributed by atoms with Gasteiger partial charge in [0, 0.05) is 37.1 Å². The van der Waals surface area contributed by atoms with Crippen molar-refractivity contribution in [2.75, 3.05) is 38.1 Å².